The molecule has 0 aliphatic carbocycles. The van der Waals surface area contributed by atoms with Gasteiger partial charge in [-0.25, -0.2) is 0 Å². The maximum atomic E-state index is 12.2. The molecule has 1 aliphatic rings. The van der Waals surface area contributed by atoms with Crippen LogP contribution in [-0.2, 0) is 4.79 Å². The quantitative estimate of drug-likeness (QED) is 0.852. The number of ether oxygens (including phenoxy) is 2. The highest BCUT2D eigenvalue weighted by Gasteiger charge is 2.25. The Hall–Kier alpha value is -1.89. The van der Waals surface area contributed by atoms with E-state index in [2.05, 4.69) is 15.4 Å². The fourth-order valence-electron chi connectivity index (χ4n) is 1.66. The van der Waals surface area contributed by atoms with Crippen molar-refractivity contribution in [2.45, 2.75) is 6.61 Å². The molecule has 104 valence electrons. The van der Waals surface area contributed by atoms with Gasteiger partial charge in [0.2, 0.25) is 5.91 Å². The maximum Gasteiger partial charge on any atom is 0.387 e. The third kappa shape index (κ3) is 3.31. The number of carbonyl (C=O) groups is 1. The molecule has 0 radical (unpaired) electrons. The lowest BCUT2D eigenvalue weighted by atomic mass is 10.0. The van der Waals surface area contributed by atoms with Gasteiger partial charge in [-0.15, -0.1) is 0 Å². The Labute approximate surface area is 108 Å². The molecule has 0 spiro atoms. The molecule has 5 nitrogen and oxygen atoms in total. The van der Waals surface area contributed by atoms with Crippen LogP contribution in [0.1, 0.15) is 0 Å². The molecule has 1 heterocycles. The van der Waals surface area contributed by atoms with Gasteiger partial charge in [0.05, 0.1) is 13.0 Å². The Morgan fingerprint density at radius 3 is 2.68 bits per heavy atom. The topological polar surface area (TPSA) is 59.6 Å². The van der Waals surface area contributed by atoms with Gasteiger partial charge in [0.1, 0.15) is 0 Å². The molecule has 2 N–H and O–H groups in total. The van der Waals surface area contributed by atoms with Gasteiger partial charge >= 0.3 is 6.61 Å². The lowest BCUT2D eigenvalue weighted by Crippen LogP contribution is -2.48. The number of hydrogen-bond acceptors (Lipinski definition) is 4. The number of hydrogen-bond donors (Lipinski definition) is 2. The van der Waals surface area contributed by atoms with Gasteiger partial charge in [-0.1, -0.05) is 0 Å². The second kappa shape index (κ2) is 5.83. The van der Waals surface area contributed by atoms with E-state index in [9.17, 15) is 13.6 Å². The molecule has 1 aromatic rings. The number of anilines is 1. The summed E-state index contributed by atoms with van der Waals surface area (Å²) in [6.45, 7) is -1.69. The number of amides is 1. The molecule has 0 aromatic heterocycles. The third-order valence-corrected chi connectivity index (χ3v) is 2.80. The van der Waals surface area contributed by atoms with Gasteiger partial charge in [0.15, 0.2) is 11.5 Å². The standard InChI is InChI=1S/C12H14F2N2O3/c1-18-9-3-2-8(4-10(9)19-12(13)14)16-11(17)7-5-15-6-7/h2-4,7,12,15H,5-6H2,1H3,(H,16,17). The minimum Gasteiger partial charge on any atom is -0.493 e. The second-order valence-corrected chi connectivity index (χ2v) is 4.09. The summed E-state index contributed by atoms with van der Waals surface area (Å²) in [7, 11) is 1.35. The number of nitrogens with one attached hydrogen (secondary N) is 2. The van der Waals surface area contributed by atoms with Crippen molar-refractivity contribution < 1.29 is 23.0 Å². The third-order valence-electron chi connectivity index (χ3n) is 2.80. The van der Waals surface area contributed by atoms with Gasteiger partial charge in [-0.2, -0.15) is 8.78 Å². The lowest BCUT2D eigenvalue weighted by molar-refractivity contribution is -0.121. The Bertz CT molecular complexity index is 464. The number of benzene rings is 1. The molecule has 0 unspecified atom stereocenters. The first kappa shape index (κ1) is 13.5. The Morgan fingerprint density at radius 1 is 1.42 bits per heavy atom. The molecule has 0 bridgehead atoms. The van der Waals surface area contributed by atoms with Crippen LogP contribution in [0.25, 0.3) is 0 Å². The smallest absolute Gasteiger partial charge is 0.387 e. The number of halogens is 2. The van der Waals surface area contributed by atoms with Crippen molar-refractivity contribution in [3.63, 3.8) is 0 Å². The van der Waals surface area contributed by atoms with Crippen molar-refractivity contribution in [2.24, 2.45) is 5.92 Å². The van der Waals surface area contributed by atoms with Gasteiger partial charge in [-0.05, 0) is 12.1 Å². The van der Waals surface area contributed by atoms with Crippen LogP contribution in [0.15, 0.2) is 18.2 Å². The molecule has 2 rings (SSSR count). The number of methoxy groups -OCH3 is 1. The predicted molar refractivity (Wildman–Crippen MR) is 64.6 cm³/mol. The number of alkyl halides is 2. The molecule has 1 aliphatic heterocycles. The second-order valence-electron chi connectivity index (χ2n) is 4.09. The molecule has 7 heteroatoms. The summed E-state index contributed by atoms with van der Waals surface area (Å²) >= 11 is 0. The summed E-state index contributed by atoms with van der Waals surface area (Å²) in [4.78, 5) is 11.7. The summed E-state index contributed by atoms with van der Waals surface area (Å²) in [5, 5.41) is 5.63. The predicted octanol–water partition coefficient (Wildman–Crippen LogP) is 1.45. The van der Waals surface area contributed by atoms with Crippen LogP contribution in [0.2, 0.25) is 0 Å². The first-order valence-corrected chi connectivity index (χ1v) is 5.74. The van der Waals surface area contributed by atoms with Crippen molar-refractivity contribution in [3.8, 4) is 11.5 Å². The zero-order chi connectivity index (χ0) is 13.8. The minimum absolute atomic E-state index is 0.0819. The highest BCUT2D eigenvalue weighted by atomic mass is 19.3. The maximum absolute atomic E-state index is 12.2. The Morgan fingerprint density at radius 2 is 2.16 bits per heavy atom. The highest BCUT2D eigenvalue weighted by Crippen LogP contribution is 2.31. The van der Waals surface area contributed by atoms with E-state index < -0.39 is 6.61 Å². The average molecular weight is 272 g/mol. The van der Waals surface area contributed by atoms with E-state index in [1.807, 2.05) is 0 Å². The largest absolute Gasteiger partial charge is 0.493 e. The Balaban J connectivity index is 2.10. The summed E-state index contributed by atoms with van der Waals surface area (Å²) in [5.74, 6) is -0.154. The summed E-state index contributed by atoms with van der Waals surface area (Å²) in [6.07, 6.45) is 0. The van der Waals surface area contributed by atoms with E-state index in [0.717, 1.165) is 0 Å². The first-order chi connectivity index (χ1) is 9.10. The first-order valence-electron chi connectivity index (χ1n) is 5.74. The average Bonchev–Trinajstić information content (AvgIpc) is 2.26. The molecule has 0 saturated carbocycles. The molecule has 0 atom stereocenters. The van der Waals surface area contributed by atoms with E-state index >= 15 is 0 Å². The fraction of sp³-hybridized carbons (Fsp3) is 0.417. The van der Waals surface area contributed by atoms with Crippen LogP contribution >= 0.6 is 0 Å². The molecule has 19 heavy (non-hydrogen) atoms. The molecule has 1 fully saturated rings. The van der Waals surface area contributed by atoms with Crippen LogP contribution < -0.4 is 20.1 Å². The number of carbonyl (C=O) groups excluding carboxylic acids is 1. The van der Waals surface area contributed by atoms with Crippen LogP contribution in [0.4, 0.5) is 14.5 Å². The van der Waals surface area contributed by atoms with Crippen molar-refractivity contribution >= 4 is 11.6 Å². The van der Waals surface area contributed by atoms with Gasteiger partial charge in [0, 0.05) is 24.8 Å². The fourth-order valence-corrected chi connectivity index (χ4v) is 1.66. The number of rotatable bonds is 5. The lowest BCUT2D eigenvalue weighted by Gasteiger charge is -2.25. The normalized spacial score (nSPS) is 14.9. The molecular formula is C12H14F2N2O3. The van der Waals surface area contributed by atoms with Crippen molar-refractivity contribution in [1.82, 2.24) is 5.32 Å². The van der Waals surface area contributed by atoms with Crippen LogP contribution in [0, 0.1) is 5.92 Å². The van der Waals surface area contributed by atoms with Crippen molar-refractivity contribution in [2.75, 3.05) is 25.5 Å². The van der Waals surface area contributed by atoms with E-state index in [1.54, 1.807) is 6.07 Å². The summed E-state index contributed by atoms with van der Waals surface area (Å²) < 4.78 is 33.7. The SMILES string of the molecule is COc1ccc(NC(=O)C2CNC2)cc1OC(F)F. The zero-order valence-corrected chi connectivity index (χ0v) is 10.3. The highest BCUT2D eigenvalue weighted by molar-refractivity contribution is 5.93. The van der Waals surface area contributed by atoms with Crippen molar-refractivity contribution in [3.05, 3.63) is 18.2 Å². The monoisotopic (exact) mass is 272 g/mol. The van der Waals surface area contributed by atoms with Crippen LogP contribution in [0.5, 0.6) is 11.5 Å². The molecule has 1 saturated heterocycles. The van der Waals surface area contributed by atoms with Crippen molar-refractivity contribution in [1.29, 1.82) is 0 Å². The molecular weight excluding hydrogens is 258 g/mol. The summed E-state index contributed by atoms with van der Waals surface area (Å²) in [6, 6.07) is 4.35. The van der Waals surface area contributed by atoms with Gasteiger partial charge in [-0.3, -0.25) is 4.79 Å². The van der Waals surface area contributed by atoms with Gasteiger partial charge < -0.3 is 20.1 Å². The van der Waals surface area contributed by atoms with E-state index in [0.29, 0.717) is 18.8 Å². The van der Waals surface area contributed by atoms with E-state index in [-0.39, 0.29) is 23.3 Å². The Kier molecular flexibility index (Phi) is 4.16. The van der Waals surface area contributed by atoms with E-state index in [4.69, 9.17) is 4.74 Å². The summed E-state index contributed by atoms with van der Waals surface area (Å²) in [5.41, 5.74) is 0.397. The van der Waals surface area contributed by atoms with Crippen LogP contribution in [0.3, 0.4) is 0 Å². The molecule has 1 amide bonds. The minimum atomic E-state index is -2.95. The van der Waals surface area contributed by atoms with Crippen LogP contribution in [-0.4, -0.2) is 32.7 Å². The van der Waals surface area contributed by atoms with Gasteiger partial charge in [0.25, 0.3) is 0 Å². The van der Waals surface area contributed by atoms with E-state index in [1.165, 1.54) is 19.2 Å². The zero-order valence-electron chi connectivity index (χ0n) is 10.3. The molecule has 1 aromatic carbocycles.